The lowest BCUT2D eigenvalue weighted by Crippen LogP contribution is -2.33. The summed E-state index contributed by atoms with van der Waals surface area (Å²) < 4.78 is 16.2. The number of carbonyl (C=O) groups is 2. The SMILES string of the molecule is COCCCN1C(=O)C(SCc2ccco2)=C(c2ccc(OCC(C)C)cc2)C1=O. The molecule has 0 radical (unpaired) electrons. The van der Waals surface area contributed by atoms with Crippen LogP contribution in [-0.4, -0.2) is 43.6 Å². The van der Waals surface area contributed by atoms with Crippen LogP contribution in [0.5, 0.6) is 5.75 Å². The highest BCUT2D eigenvalue weighted by atomic mass is 32.2. The van der Waals surface area contributed by atoms with Gasteiger partial charge in [-0.3, -0.25) is 14.5 Å². The van der Waals surface area contributed by atoms with Crippen LogP contribution in [0.4, 0.5) is 0 Å². The maximum atomic E-state index is 13.1. The molecule has 1 aliphatic rings. The monoisotopic (exact) mass is 429 g/mol. The quantitative estimate of drug-likeness (QED) is 0.390. The minimum Gasteiger partial charge on any atom is -0.493 e. The normalized spacial score (nSPS) is 14.3. The van der Waals surface area contributed by atoms with Gasteiger partial charge in [-0.25, -0.2) is 0 Å². The summed E-state index contributed by atoms with van der Waals surface area (Å²) in [5.74, 6) is 1.86. The lowest BCUT2D eigenvalue weighted by Gasteiger charge is -2.14. The first kappa shape index (κ1) is 22.2. The molecule has 7 heteroatoms. The molecular weight excluding hydrogens is 402 g/mol. The van der Waals surface area contributed by atoms with Crippen molar-refractivity contribution in [3.05, 3.63) is 58.9 Å². The summed E-state index contributed by atoms with van der Waals surface area (Å²) in [6.07, 6.45) is 2.19. The standard InChI is InChI=1S/C23H27NO5S/c1-16(2)14-29-18-9-7-17(8-10-18)20-21(30-15-19-6-4-13-28-19)23(26)24(22(20)25)11-5-12-27-3/h4,6-10,13,16H,5,11-12,14-15H2,1-3H3. The first-order chi connectivity index (χ1) is 14.5. The van der Waals surface area contributed by atoms with E-state index in [1.807, 2.05) is 30.3 Å². The Bertz CT molecular complexity index is 887. The molecule has 6 nitrogen and oxygen atoms in total. The van der Waals surface area contributed by atoms with Gasteiger partial charge >= 0.3 is 0 Å². The van der Waals surface area contributed by atoms with Gasteiger partial charge < -0.3 is 13.9 Å². The molecule has 0 bridgehead atoms. The summed E-state index contributed by atoms with van der Waals surface area (Å²) in [6.45, 7) is 5.61. The van der Waals surface area contributed by atoms with E-state index < -0.39 is 0 Å². The number of nitrogens with zero attached hydrogens (tertiary/aromatic N) is 1. The van der Waals surface area contributed by atoms with Crippen LogP contribution in [0, 0.1) is 5.92 Å². The van der Waals surface area contributed by atoms with Gasteiger partial charge in [0.1, 0.15) is 11.5 Å². The van der Waals surface area contributed by atoms with Gasteiger partial charge in [-0.1, -0.05) is 26.0 Å². The predicted octanol–water partition coefficient (Wildman–Crippen LogP) is 4.36. The van der Waals surface area contributed by atoms with Crippen LogP contribution in [0.2, 0.25) is 0 Å². The molecule has 0 aliphatic carbocycles. The molecule has 1 aromatic carbocycles. The molecule has 0 atom stereocenters. The van der Waals surface area contributed by atoms with Gasteiger partial charge in [0.15, 0.2) is 0 Å². The van der Waals surface area contributed by atoms with E-state index in [1.54, 1.807) is 19.4 Å². The number of rotatable bonds is 11. The summed E-state index contributed by atoms with van der Waals surface area (Å²) in [7, 11) is 1.60. The molecule has 0 saturated carbocycles. The number of hydrogen-bond donors (Lipinski definition) is 0. The van der Waals surface area contributed by atoms with Crippen LogP contribution >= 0.6 is 11.8 Å². The molecule has 1 aliphatic heterocycles. The summed E-state index contributed by atoms with van der Waals surface area (Å²) in [6, 6.07) is 11.0. The highest BCUT2D eigenvalue weighted by Crippen LogP contribution is 2.38. The number of benzene rings is 1. The zero-order valence-electron chi connectivity index (χ0n) is 17.6. The van der Waals surface area contributed by atoms with E-state index in [4.69, 9.17) is 13.9 Å². The lowest BCUT2D eigenvalue weighted by molar-refractivity contribution is -0.136. The highest BCUT2D eigenvalue weighted by Gasteiger charge is 2.38. The first-order valence-electron chi connectivity index (χ1n) is 9.99. The summed E-state index contributed by atoms with van der Waals surface area (Å²) in [5, 5.41) is 0. The molecule has 0 saturated heterocycles. The molecule has 2 heterocycles. The van der Waals surface area contributed by atoms with Crippen LogP contribution < -0.4 is 4.74 Å². The van der Waals surface area contributed by atoms with Crippen molar-refractivity contribution in [2.75, 3.05) is 26.9 Å². The second-order valence-electron chi connectivity index (χ2n) is 7.41. The molecule has 160 valence electrons. The van der Waals surface area contributed by atoms with Gasteiger partial charge in [-0.2, -0.15) is 0 Å². The Balaban J connectivity index is 1.84. The molecule has 30 heavy (non-hydrogen) atoms. The second kappa shape index (κ2) is 10.5. The summed E-state index contributed by atoms with van der Waals surface area (Å²) in [5.41, 5.74) is 1.14. The van der Waals surface area contributed by atoms with E-state index >= 15 is 0 Å². The Kier molecular flexibility index (Phi) is 7.76. The lowest BCUT2D eigenvalue weighted by atomic mass is 10.1. The third-order valence-electron chi connectivity index (χ3n) is 4.52. The Morgan fingerprint density at radius 1 is 1.10 bits per heavy atom. The zero-order chi connectivity index (χ0) is 21.5. The van der Waals surface area contributed by atoms with E-state index in [-0.39, 0.29) is 11.8 Å². The highest BCUT2D eigenvalue weighted by molar-refractivity contribution is 8.03. The molecule has 0 spiro atoms. The van der Waals surface area contributed by atoms with E-state index in [9.17, 15) is 9.59 Å². The average Bonchev–Trinajstić information content (AvgIpc) is 3.33. The molecule has 0 unspecified atom stereocenters. The molecular formula is C23H27NO5S. The fraction of sp³-hybridized carbons (Fsp3) is 0.391. The van der Waals surface area contributed by atoms with Crippen molar-refractivity contribution in [2.45, 2.75) is 26.0 Å². The van der Waals surface area contributed by atoms with Crippen LogP contribution in [-0.2, 0) is 20.1 Å². The smallest absolute Gasteiger partial charge is 0.267 e. The number of ether oxygens (including phenoxy) is 2. The maximum Gasteiger partial charge on any atom is 0.267 e. The van der Waals surface area contributed by atoms with Crippen molar-refractivity contribution < 1.29 is 23.5 Å². The molecule has 2 aromatic rings. The minimum atomic E-state index is -0.270. The Hall–Kier alpha value is -2.51. The van der Waals surface area contributed by atoms with Crippen LogP contribution in [0.1, 0.15) is 31.6 Å². The number of furan rings is 1. The third-order valence-corrected chi connectivity index (χ3v) is 5.62. The molecule has 1 aromatic heterocycles. The Labute approximate surface area is 181 Å². The van der Waals surface area contributed by atoms with Gasteiger partial charge in [0.2, 0.25) is 0 Å². The van der Waals surface area contributed by atoms with Crippen LogP contribution in [0.3, 0.4) is 0 Å². The predicted molar refractivity (Wildman–Crippen MR) is 117 cm³/mol. The van der Waals surface area contributed by atoms with Gasteiger partial charge in [-0.15, -0.1) is 11.8 Å². The minimum absolute atomic E-state index is 0.261. The number of amides is 2. The number of imide groups is 1. The topological polar surface area (TPSA) is 69.0 Å². The Morgan fingerprint density at radius 2 is 1.87 bits per heavy atom. The molecule has 0 N–H and O–H groups in total. The van der Waals surface area contributed by atoms with Crippen molar-refractivity contribution >= 4 is 29.1 Å². The van der Waals surface area contributed by atoms with Crippen LogP contribution in [0.15, 0.2) is 52.0 Å². The average molecular weight is 430 g/mol. The fourth-order valence-electron chi connectivity index (χ4n) is 3.03. The largest absolute Gasteiger partial charge is 0.493 e. The van der Waals surface area contributed by atoms with Crippen molar-refractivity contribution in [3.8, 4) is 5.75 Å². The number of carbonyl (C=O) groups excluding carboxylic acids is 2. The number of hydrogen-bond acceptors (Lipinski definition) is 6. The molecule has 3 rings (SSSR count). The zero-order valence-corrected chi connectivity index (χ0v) is 18.4. The van der Waals surface area contributed by atoms with E-state index in [2.05, 4.69) is 13.8 Å². The first-order valence-corrected chi connectivity index (χ1v) is 11.0. The molecule has 2 amide bonds. The van der Waals surface area contributed by atoms with Crippen LogP contribution in [0.25, 0.3) is 5.57 Å². The number of thioether (sulfide) groups is 1. The number of methoxy groups -OCH3 is 1. The van der Waals surface area contributed by atoms with Gasteiger partial charge in [0.05, 0.1) is 29.1 Å². The van der Waals surface area contributed by atoms with Crippen molar-refractivity contribution in [1.82, 2.24) is 4.90 Å². The Morgan fingerprint density at radius 3 is 2.50 bits per heavy atom. The van der Waals surface area contributed by atoms with Crippen molar-refractivity contribution in [2.24, 2.45) is 5.92 Å². The second-order valence-corrected chi connectivity index (χ2v) is 8.40. The molecule has 0 fully saturated rings. The van der Waals surface area contributed by atoms with Gasteiger partial charge in [0, 0.05) is 20.3 Å². The van der Waals surface area contributed by atoms with Crippen molar-refractivity contribution in [1.29, 1.82) is 0 Å². The summed E-state index contributed by atoms with van der Waals surface area (Å²) in [4.78, 5) is 27.9. The van der Waals surface area contributed by atoms with E-state index in [0.29, 0.717) is 53.9 Å². The maximum absolute atomic E-state index is 13.1. The fourth-order valence-corrected chi connectivity index (χ4v) is 4.07. The van der Waals surface area contributed by atoms with E-state index in [0.717, 1.165) is 11.5 Å². The van der Waals surface area contributed by atoms with Crippen molar-refractivity contribution in [3.63, 3.8) is 0 Å². The summed E-state index contributed by atoms with van der Waals surface area (Å²) >= 11 is 1.33. The van der Waals surface area contributed by atoms with E-state index in [1.165, 1.54) is 16.7 Å². The van der Waals surface area contributed by atoms with Gasteiger partial charge in [0.25, 0.3) is 11.8 Å². The third kappa shape index (κ3) is 5.34. The van der Waals surface area contributed by atoms with Gasteiger partial charge in [-0.05, 0) is 42.2 Å².